The van der Waals surface area contributed by atoms with Crippen LogP contribution in [-0.4, -0.2) is 44.3 Å². The maximum absolute atomic E-state index is 12.1. The molecule has 0 aromatic heterocycles. The largest absolute Gasteiger partial charge is 0.497 e. The second kappa shape index (κ2) is 5.70. The first-order valence-corrected chi connectivity index (χ1v) is 5.78. The van der Waals surface area contributed by atoms with Crippen LogP contribution in [0.3, 0.4) is 0 Å². The third kappa shape index (κ3) is 2.91. The molecule has 1 aliphatic heterocycles. The molecular weight excluding hydrogens is 234 g/mol. The second-order valence-electron chi connectivity index (χ2n) is 3.99. The highest BCUT2D eigenvalue weighted by atomic mass is 16.5. The zero-order valence-electron chi connectivity index (χ0n) is 10.3. The Labute approximate surface area is 106 Å². The maximum Gasteiger partial charge on any atom is 0.267 e. The van der Waals surface area contributed by atoms with Crippen LogP contribution in [0.25, 0.3) is 0 Å². The van der Waals surface area contributed by atoms with E-state index < -0.39 is 0 Å². The first kappa shape index (κ1) is 12.7. The SMILES string of the molecule is COc1ccc(N)c(C(=O)NN2CCOCC2)c1. The number of nitrogens with zero attached hydrogens (tertiary/aromatic N) is 1. The Balaban J connectivity index is 2.07. The first-order valence-electron chi connectivity index (χ1n) is 5.78. The minimum atomic E-state index is -0.228. The lowest BCUT2D eigenvalue weighted by atomic mass is 10.1. The fourth-order valence-corrected chi connectivity index (χ4v) is 1.74. The molecule has 0 atom stereocenters. The molecule has 1 saturated heterocycles. The molecule has 0 aliphatic carbocycles. The molecule has 98 valence electrons. The Morgan fingerprint density at radius 2 is 2.17 bits per heavy atom. The van der Waals surface area contributed by atoms with Crippen LogP contribution in [0.5, 0.6) is 5.75 Å². The van der Waals surface area contributed by atoms with E-state index in [0.29, 0.717) is 43.3 Å². The zero-order valence-corrected chi connectivity index (χ0v) is 10.3. The van der Waals surface area contributed by atoms with Crippen LogP contribution in [0.1, 0.15) is 10.4 Å². The molecule has 1 amide bonds. The van der Waals surface area contributed by atoms with E-state index in [2.05, 4.69) is 5.43 Å². The maximum atomic E-state index is 12.1. The number of morpholine rings is 1. The monoisotopic (exact) mass is 251 g/mol. The molecule has 6 heteroatoms. The number of carbonyl (C=O) groups is 1. The molecule has 1 aromatic carbocycles. The number of hydrazine groups is 1. The Bertz CT molecular complexity index is 431. The summed E-state index contributed by atoms with van der Waals surface area (Å²) in [5.74, 6) is 0.379. The van der Waals surface area contributed by atoms with E-state index in [4.69, 9.17) is 15.2 Å². The van der Waals surface area contributed by atoms with Crippen LogP contribution < -0.4 is 15.9 Å². The Hall–Kier alpha value is -1.79. The summed E-state index contributed by atoms with van der Waals surface area (Å²) < 4.78 is 10.3. The fraction of sp³-hybridized carbons (Fsp3) is 0.417. The Morgan fingerprint density at radius 3 is 2.83 bits per heavy atom. The first-order chi connectivity index (χ1) is 8.70. The quantitative estimate of drug-likeness (QED) is 0.753. The predicted molar refractivity (Wildman–Crippen MR) is 67.3 cm³/mol. The second-order valence-corrected chi connectivity index (χ2v) is 3.99. The number of nitrogens with two attached hydrogens (primary N) is 1. The summed E-state index contributed by atoms with van der Waals surface area (Å²) in [5, 5.41) is 1.82. The van der Waals surface area contributed by atoms with Gasteiger partial charge in [-0.15, -0.1) is 0 Å². The summed E-state index contributed by atoms with van der Waals surface area (Å²) in [6.07, 6.45) is 0. The number of benzene rings is 1. The van der Waals surface area contributed by atoms with Gasteiger partial charge in [0.25, 0.3) is 5.91 Å². The molecule has 6 nitrogen and oxygen atoms in total. The number of hydrogen-bond donors (Lipinski definition) is 2. The van der Waals surface area contributed by atoms with Crippen LogP contribution in [0.15, 0.2) is 18.2 Å². The van der Waals surface area contributed by atoms with Crippen LogP contribution in [0, 0.1) is 0 Å². The summed E-state index contributed by atoms with van der Waals surface area (Å²) in [5.41, 5.74) is 9.45. The van der Waals surface area contributed by atoms with E-state index in [1.807, 2.05) is 5.01 Å². The van der Waals surface area contributed by atoms with Crippen molar-refractivity contribution >= 4 is 11.6 Å². The lowest BCUT2D eigenvalue weighted by molar-refractivity contribution is 0.0126. The molecular formula is C12H17N3O3. The van der Waals surface area contributed by atoms with Crippen LogP contribution in [0.2, 0.25) is 0 Å². The molecule has 1 heterocycles. The van der Waals surface area contributed by atoms with Gasteiger partial charge in [0, 0.05) is 18.8 Å². The van der Waals surface area contributed by atoms with E-state index in [9.17, 15) is 4.79 Å². The molecule has 0 saturated carbocycles. The topological polar surface area (TPSA) is 76.8 Å². The van der Waals surface area contributed by atoms with Crippen LogP contribution in [-0.2, 0) is 4.74 Å². The molecule has 0 radical (unpaired) electrons. The van der Waals surface area contributed by atoms with Crippen molar-refractivity contribution in [1.29, 1.82) is 0 Å². The zero-order chi connectivity index (χ0) is 13.0. The van der Waals surface area contributed by atoms with Gasteiger partial charge in [-0.1, -0.05) is 0 Å². The summed E-state index contributed by atoms with van der Waals surface area (Å²) in [6.45, 7) is 2.59. The number of hydrogen-bond acceptors (Lipinski definition) is 5. The van der Waals surface area contributed by atoms with Crippen molar-refractivity contribution in [3.8, 4) is 5.75 Å². The minimum Gasteiger partial charge on any atom is -0.497 e. The Morgan fingerprint density at radius 1 is 1.44 bits per heavy atom. The molecule has 1 fully saturated rings. The van der Waals surface area contributed by atoms with Gasteiger partial charge in [-0.3, -0.25) is 10.2 Å². The lowest BCUT2D eigenvalue weighted by Gasteiger charge is -2.27. The average molecular weight is 251 g/mol. The van der Waals surface area contributed by atoms with Gasteiger partial charge in [0.05, 0.1) is 25.9 Å². The highest BCUT2D eigenvalue weighted by Crippen LogP contribution is 2.19. The van der Waals surface area contributed by atoms with Gasteiger partial charge >= 0.3 is 0 Å². The Kier molecular flexibility index (Phi) is 4.01. The lowest BCUT2D eigenvalue weighted by Crippen LogP contribution is -2.48. The number of nitrogens with one attached hydrogen (secondary N) is 1. The molecule has 1 aliphatic rings. The van der Waals surface area contributed by atoms with Crippen molar-refractivity contribution in [2.75, 3.05) is 39.1 Å². The van der Waals surface area contributed by atoms with E-state index in [1.54, 1.807) is 25.3 Å². The standard InChI is InChI=1S/C12H17N3O3/c1-17-9-2-3-11(13)10(8-9)12(16)14-15-4-6-18-7-5-15/h2-3,8H,4-7,13H2,1H3,(H,14,16). The third-order valence-corrected chi connectivity index (χ3v) is 2.78. The summed E-state index contributed by atoms with van der Waals surface area (Å²) in [4.78, 5) is 12.1. The molecule has 3 N–H and O–H groups in total. The van der Waals surface area contributed by atoms with Crippen molar-refractivity contribution in [3.63, 3.8) is 0 Å². The van der Waals surface area contributed by atoms with Gasteiger partial charge < -0.3 is 15.2 Å². The number of nitrogen functional groups attached to an aromatic ring is 1. The fourth-order valence-electron chi connectivity index (χ4n) is 1.74. The molecule has 0 unspecified atom stereocenters. The predicted octanol–water partition coefficient (Wildman–Crippen LogP) is 0.254. The van der Waals surface area contributed by atoms with E-state index in [-0.39, 0.29) is 5.91 Å². The number of rotatable bonds is 3. The highest BCUT2D eigenvalue weighted by Gasteiger charge is 2.16. The summed E-state index contributed by atoms with van der Waals surface area (Å²) >= 11 is 0. The van der Waals surface area contributed by atoms with Gasteiger partial charge in [-0.25, -0.2) is 5.01 Å². The van der Waals surface area contributed by atoms with Crippen molar-refractivity contribution < 1.29 is 14.3 Å². The normalized spacial score (nSPS) is 16.3. The van der Waals surface area contributed by atoms with Crippen LogP contribution >= 0.6 is 0 Å². The van der Waals surface area contributed by atoms with Crippen molar-refractivity contribution in [2.45, 2.75) is 0 Å². The summed E-state index contributed by atoms with van der Waals surface area (Å²) in [6, 6.07) is 5.01. The number of methoxy groups -OCH3 is 1. The van der Waals surface area contributed by atoms with Crippen LogP contribution in [0.4, 0.5) is 5.69 Å². The number of amides is 1. The number of anilines is 1. The van der Waals surface area contributed by atoms with E-state index >= 15 is 0 Å². The van der Waals surface area contributed by atoms with E-state index in [1.165, 1.54) is 0 Å². The average Bonchev–Trinajstić information content (AvgIpc) is 2.40. The van der Waals surface area contributed by atoms with E-state index in [0.717, 1.165) is 0 Å². The van der Waals surface area contributed by atoms with Crippen molar-refractivity contribution in [1.82, 2.24) is 10.4 Å². The van der Waals surface area contributed by atoms with Crippen molar-refractivity contribution in [3.05, 3.63) is 23.8 Å². The smallest absolute Gasteiger partial charge is 0.267 e. The minimum absolute atomic E-state index is 0.228. The molecule has 0 bridgehead atoms. The van der Waals surface area contributed by atoms with Crippen molar-refractivity contribution in [2.24, 2.45) is 0 Å². The molecule has 18 heavy (non-hydrogen) atoms. The molecule has 2 rings (SSSR count). The summed E-state index contributed by atoms with van der Waals surface area (Å²) in [7, 11) is 1.55. The van der Waals surface area contributed by atoms with Gasteiger partial charge in [0.2, 0.25) is 0 Å². The van der Waals surface area contributed by atoms with Gasteiger partial charge in [0.15, 0.2) is 0 Å². The van der Waals surface area contributed by atoms with Gasteiger partial charge in [-0.2, -0.15) is 0 Å². The number of ether oxygens (including phenoxy) is 2. The van der Waals surface area contributed by atoms with Gasteiger partial charge in [0.1, 0.15) is 5.75 Å². The molecule has 1 aromatic rings. The van der Waals surface area contributed by atoms with Gasteiger partial charge in [-0.05, 0) is 18.2 Å². The third-order valence-electron chi connectivity index (χ3n) is 2.78. The molecule has 0 spiro atoms. The number of carbonyl (C=O) groups excluding carboxylic acids is 1. The highest BCUT2D eigenvalue weighted by molar-refractivity contribution is 5.99.